The average molecular weight is 397 g/mol. The molecule has 0 aromatic heterocycles. The van der Waals surface area contributed by atoms with Crippen LogP contribution in [0.3, 0.4) is 0 Å². The number of nitrogens with zero attached hydrogens (tertiary/aromatic N) is 1. The smallest absolute Gasteiger partial charge is 0.199 e. The van der Waals surface area contributed by atoms with Crippen molar-refractivity contribution < 1.29 is 27.1 Å². The van der Waals surface area contributed by atoms with Crippen LogP contribution >= 0.6 is 0 Å². The lowest BCUT2D eigenvalue weighted by atomic mass is 10.0. The number of ketones is 1. The summed E-state index contributed by atoms with van der Waals surface area (Å²) in [5.41, 5.74) is -1.18. The predicted octanol–water partition coefficient (Wildman–Crippen LogP) is 4.97. The second kappa shape index (κ2) is 10.2. The molecule has 0 radical (unpaired) electrons. The predicted molar refractivity (Wildman–Crippen MR) is 98.7 cm³/mol. The van der Waals surface area contributed by atoms with Gasteiger partial charge in [-0.05, 0) is 51.7 Å². The van der Waals surface area contributed by atoms with Gasteiger partial charge in [0.15, 0.2) is 17.3 Å². The number of rotatable bonds is 10. The summed E-state index contributed by atoms with van der Waals surface area (Å²) in [5.74, 6) is -5.33. The molecule has 2 aromatic carbocycles. The van der Waals surface area contributed by atoms with Gasteiger partial charge >= 0.3 is 0 Å². The van der Waals surface area contributed by atoms with E-state index in [1.165, 1.54) is 0 Å². The van der Waals surface area contributed by atoms with Crippen LogP contribution in [0.25, 0.3) is 0 Å². The molecular formula is C21H23F4NO2. The topological polar surface area (TPSA) is 29.5 Å². The normalized spacial score (nSPS) is 11.1. The van der Waals surface area contributed by atoms with Crippen molar-refractivity contribution in [2.75, 3.05) is 27.2 Å². The lowest BCUT2D eigenvalue weighted by molar-refractivity contribution is 0.103. The highest BCUT2D eigenvalue weighted by molar-refractivity contribution is 6.09. The first kappa shape index (κ1) is 21.9. The maximum absolute atomic E-state index is 14.3. The zero-order valence-electron chi connectivity index (χ0n) is 15.9. The molecule has 0 fully saturated rings. The zero-order valence-corrected chi connectivity index (χ0v) is 15.9. The summed E-state index contributed by atoms with van der Waals surface area (Å²) in [7, 11) is 4.00. The number of carbonyl (C=O) groups excluding carboxylic acids is 1. The third-order valence-electron chi connectivity index (χ3n) is 4.20. The molecule has 2 aromatic rings. The minimum atomic E-state index is -1.14. The van der Waals surface area contributed by atoms with E-state index in [4.69, 9.17) is 4.74 Å². The van der Waals surface area contributed by atoms with E-state index in [1.54, 1.807) is 0 Å². The third kappa shape index (κ3) is 6.05. The number of hydrogen-bond acceptors (Lipinski definition) is 3. The van der Waals surface area contributed by atoms with Gasteiger partial charge in [-0.25, -0.2) is 17.6 Å². The maximum Gasteiger partial charge on any atom is 0.199 e. The second-order valence-corrected chi connectivity index (χ2v) is 6.78. The SMILES string of the molecule is CN(C)CCCCCCOc1cc(F)c(C(=O)c2ccc(F)cc2F)cc1F. The molecule has 0 unspecified atom stereocenters. The van der Waals surface area contributed by atoms with E-state index in [0.717, 1.165) is 44.0 Å². The number of benzene rings is 2. The van der Waals surface area contributed by atoms with Crippen LogP contribution in [0.2, 0.25) is 0 Å². The van der Waals surface area contributed by atoms with Gasteiger partial charge in [0, 0.05) is 12.1 Å². The van der Waals surface area contributed by atoms with Gasteiger partial charge in [-0.2, -0.15) is 0 Å². The molecule has 0 spiro atoms. The van der Waals surface area contributed by atoms with E-state index >= 15 is 0 Å². The van der Waals surface area contributed by atoms with E-state index in [-0.39, 0.29) is 12.4 Å². The standard InChI is InChI=1S/C21H23F4NO2/c1-26(2)9-5-3-4-6-10-28-20-13-18(24)16(12-19(20)25)21(27)15-8-7-14(22)11-17(15)23/h7-8,11-13H,3-6,9-10H2,1-2H3. The molecule has 152 valence electrons. The number of carbonyl (C=O) groups is 1. The van der Waals surface area contributed by atoms with Gasteiger partial charge in [-0.1, -0.05) is 12.8 Å². The molecule has 0 aliphatic rings. The Morgan fingerprint density at radius 3 is 2.21 bits per heavy atom. The highest BCUT2D eigenvalue weighted by Crippen LogP contribution is 2.25. The van der Waals surface area contributed by atoms with E-state index in [9.17, 15) is 22.4 Å². The van der Waals surface area contributed by atoms with Gasteiger partial charge in [0.2, 0.25) is 0 Å². The van der Waals surface area contributed by atoms with Crippen molar-refractivity contribution >= 4 is 5.78 Å². The van der Waals surface area contributed by atoms with Crippen LogP contribution in [-0.4, -0.2) is 37.9 Å². The van der Waals surface area contributed by atoms with Gasteiger partial charge in [0.25, 0.3) is 0 Å². The largest absolute Gasteiger partial charge is 0.490 e. The molecule has 0 aliphatic heterocycles. The molecule has 0 atom stereocenters. The van der Waals surface area contributed by atoms with Gasteiger partial charge in [0.1, 0.15) is 17.5 Å². The number of ether oxygens (including phenoxy) is 1. The Hall–Kier alpha value is -2.41. The lowest BCUT2D eigenvalue weighted by Crippen LogP contribution is -2.12. The molecule has 0 N–H and O–H groups in total. The monoisotopic (exact) mass is 397 g/mol. The summed E-state index contributed by atoms with van der Waals surface area (Å²) in [6.07, 6.45) is 3.65. The molecule has 0 aliphatic carbocycles. The Kier molecular flexibility index (Phi) is 7.99. The second-order valence-electron chi connectivity index (χ2n) is 6.78. The molecule has 0 bridgehead atoms. The molecule has 0 saturated heterocycles. The van der Waals surface area contributed by atoms with Gasteiger partial charge in [0.05, 0.1) is 17.7 Å². The van der Waals surface area contributed by atoms with Crippen molar-refractivity contribution in [3.8, 4) is 5.75 Å². The summed E-state index contributed by atoms with van der Waals surface area (Å²) in [5, 5.41) is 0. The van der Waals surface area contributed by atoms with E-state index in [2.05, 4.69) is 4.90 Å². The Morgan fingerprint density at radius 1 is 0.857 bits per heavy atom. The van der Waals surface area contributed by atoms with Crippen LogP contribution in [0.15, 0.2) is 30.3 Å². The van der Waals surface area contributed by atoms with Crippen LogP contribution in [0.1, 0.15) is 41.6 Å². The number of halogens is 4. The molecule has 3 nitrogen and oxygen atoms in total. The molecule has 2 rings (SSSR count). The van der Waals surface area contributed by atoms with Gasteiger partial charge < -0.3 is 9.64 Å². The zero-order chi connectivity index (χ0) is 20.7. The Labute approximate surface area is 161 Å². The van der Waals surface area contributed by atoms with Crippen LogP contribution in [-0.2, 0) is 0 Å². The van der Waals surface area contributed by atoms with Crippen LogP contribution in [0.5, 0.6) is 5.75 Å². The Balaban J connectivity index is 1.97. The Morgan fingerprint density at radius 2 is 1.54 bits per heavy atom. The molecule has 0 saturated carbocycles. The first-order chi connectivity index (χ1) is 13.3. The van der Waals surface area contributed by atoms with Crippen molar-refractivity contribution in [1.29, 1.82) is 0 Å². The van der Waals surface area contributed by atoms with E-state index in [1.807, 2.05) is 14.1 Å². The molecule has 0 amide bonds. The highest BCUT2D eigenvalue weighted by Gasteiger charge is 2.21. The maximum atomic E-state index is 14.3. The van der Waals surface area contributed by atoms with E-state index in [0.29, 0.717) is 18.6 Å². The quantitative estimate of drug-likeness (QED) is 0.322. The van der Waals surface area contributed by atoms with Crippen LogP contribution in [0, 0.1) is 23.3 Å². The lowest BCUT2D eigenvalue weighted by Gasteiger charge is -2.11. The summed E-state index contributed by atoms with van der Waals surface area (Å²) < 4.78 is 60.4. The minimum absolute atomic E-state index is 0.220. The number of unbranched alkanes of at least 4 members (excludes halogenated alkanes) is 3. The van der Waals surface area contributed by atoms with Crippen molar-refractivity contribution in [3.63, 3.8) is 0 Å². The first-order valence-electron chi connectivity index (χ1n) is 9.06. The van der Waals surface area contributed by atoms with Crippen LogP contribution in [0.4, 0.5) is 17.6 Å². The minimum Gasteiger partial charge on any atom is -0.490 e. The molecular weight excluding hydrogens is 374 g/mol. The molecule has 7 heteroatoms. The summed E-state index contributed by atoms with van der Waals surface area (Å²) in [4.78, 5) is 14.4. The fourth-order valence-electron chi connectivity index (χ4n) is 2.70. The first-order valence-corrected chi connectivity index (χ1v) is 9.06. The number of hydrogen-bond donors (Lipinski definition) is 0. The van der Waals surface area contributed by atoms with Gasteiger partial charge in [-0.15, -0.1) is 0 Å². The van der Waals surface area contributed by atoms with Crippen molar-refractivity contribution in [3.05, 3.63) is 64.7 Å². The summed E-state index contributed by atoms with van der Waals surface area (Å²) in [6, 6.07) is 3.73. The summed E-state index contributed by atoms with van der Waals surface area (Å²) in [6.45, 7) is 1.21. The average Bonchev–Trinajstić information content (AvgIpc) is 2.62. The van der Waals surface area contributed by atoms with Gasteiger partial charge in [-0.3, -0.25) is 4.79 Å². The van der Waals surface area contributed by atoms with E-state index < -0.39 is 40.2 Å². The molecule has 28 heavy (non-hydrogen) atoms. The molecule has 0 heterocycles. The summed E-state index contributed by atoms with van der Waals surface area (Å²) >= 11 is 0. The fraction of sp³-hybridized carbons (Fsp3) is 0.381. The fourth-order valence-corrected chi connectivity index (χ4v) is 2.70. The van der Waals surface area contributed by atoms with Crippen molar-refractivity contribution in [2.24, 2.45) is 0 Å². The Bertz CT molecular complexity index is 824. The van der Waals surface area contributed by atoms with Crippen molar-refractivity contribution in [1.82, 2.24) is 4.90 Å². The third-order valence-corrected chi connectivity index (χ3v) is 4.20. The van der Waals surface area contributed by atoms with Crippen LogP contribution < -0.4 is 4.74 Å². The highest BCUT2D eigenvalue weighted by atomic mass is 19.1. The van der Waals surface area contributed by atoms with Crippen molar-refractivity contribution in [2.45, 2.75) is 25.7 Å².